The van der Waals surface area contributed by atoms with Crippen LogP contribution in [0.3, 0.4) is 0 Å². The van der Waals surface area contributed by atoms with Gasteiger partial charge in [-0.15, -0.1) is 0 Å². The third kappa shape index (κ3) is 2.48. The summed E-state index contributed by atoms with van der Waals surface area (Å²) in [5.41, 5.74) is 0.393. The molecule has 0 aliphatic heterocycles. The van der Waals surface area contributed by atoms with Gasteiger partial charge < -0.3 is 5.32 Å². The summed E-state index contributed by atoms with van der Waals surface area (Å²) in [4.78, 5) is 19.2. The summed E-state index contributed by atoms with van der Waals surface area (Å²) in [6.07, 6.45) is 4.25. The molecule has 0 atom stereocenters. The third-order valence-electron chi connectivity index (χ3n) is 1.71. The predicted octanol–water partition coefficient (Wildman–Crippen LogP) is 1.17. The van der Waals surface area contributed by atoms with E-state index in [-0.39, 0.29) is 11.2 Å². The van der Waals surface area contributed by atoms with Crippen molar-refractivity contribution in [3.05, 3.63) is 41.6 Å². The smallest absolute Gasteiger partial charge is 0.258 e. The zero-order chi connectivity index (χ0) is 11.4. The van der Waals surface area contributed by atoms with Gasteiger partial charge in [0.1, 0.15) is 5.82 Å². The lowest BCUT2D eigenvalue weighted by molar-refractivity contribution is 0.102. The Morgan fingerprint density at radius 3 is 2.81 bits per heavy atom. The van der Waals surface area contributed by atoms with Gasteiger partial charge in [0.05, 0.1) is 18.0 Å². The quantitative estimate of drug-likeness (QED) is 0.791. The summed E-state index contributed by atoms with van der Waals surface area (Å²) in [7, 11) is 0. The number of nitrogens with zero attached hydrogens (tertiary/aromatic N) is 4. The number of amides is 1. The van der Waals surface area contributed by atoms with Gasteiger partial charge in [0.25, 0.3) is 5.91 Å². The highest BCUT2D eigenvalue weighted by atomic mass is 35.5. The Hall–Kier alpha value is -2.08. The molecule has 0 saturated carbocycles. The summed E-state index contributed by atoms with van der Waals surface area (Å²) in [5.74, 6) is 0.00600. The molecule has 0 aromatic carbocycles. The van der Waals surface area contributed by atoms with E-state index in [2.05, 4.69) is 25.5 Å². The van der Waals surface area contributed by atoms with Crippen LogP contribution in [-0.2, 0) is 0 Å². The highest BCUT2D eigenvalue weighted by Gasteiger charge is 2.06. The Bertz CT molecular complexity index is 504. The first-order valence-corrected chi connectivity index (χ1v) is 4.70. The normalized spacial score (nSPS) is 9.81. The van der Waals surface area contributed by atoms with Crippen LogP contribution in [0.1, 0.15) is 10.4 Å². The van der Waals surface area contributed by atoms with Gasteiger partial charge in [0, 0.05) is 6.20 Å². The van der Waals surface area contributed by atoms with Gasteiger partial charge in [-0.1, -0.05) is 0 Å². The van der Waals surface area contributed by atoms with E-state index in [0.717, 1.165) is 0 Å². The van der Waals surface area contributed by atoms with Gasteiger partial charge in [-0.2, -0.15) is 10.2 Å². The maximum absolute atomic E-state index is 11.6. The molecule has 1 amide bonds. The molecule has 0 saturated heterocycles. The van der Waals surface area contributed by atoms with E-state index in [1.165, 1.54) is 18.6 Å². The molecule has 7 heteroatoms. The van der Waals surface area contributed by atoms with Gasteiger partial charge in [-0.3, -0.25) is 4.79 Å². The maximum atomic E-state index is 11.6. The zero-order valence-corrected chi connectivity index (χ0v) is 8.72. The van der Waals surface area contributed by atoms with E-state index in [9.17, 15) is 4.79 Å². The minimum absolute atomic E-state index is 0.0747. The average Bonchev–Trinajstić information content (AvgIpc) is 2.30. The van der Waals surface area contributed by atoms with Gasteiger partial charge in [-0.05, 0) is 23.7 Å². The molecule has 2 aromatic heterocycles. The lowest BCUT2D eigenvalue weighted by atomic mass is 10.3. The molecule has 0 unspecified atom stereocenters. The number of carbonyl (C=O) groups is 1. The molecule has 16 heavy (non-hydrogen) atoms. The lowest BCUT2D eigenvalue weighted by Gasteiger charge is -2.02. The van der Waals surface area contributed by atoms with E-state index in [4.69, 9.17) is 11.6 Å². The van der Waals surface area contributed by atoms with Crippen LogP contribution in [0, 0.1) is 0 Å². The zero-order valence-electron chi connectivity index (χ0n) is 7.96. The van der Waals surface area contributed by atoms with Crippen molar-refractivity contribution in [3.8, 4) is 0 Å². The Kier molecular flexibility index (Phi) is 3.02. The molecule has 0 aliphatic carbocycles. The highest BCUT2D eigenvalue weighted by molar-refractivity contribution is 6.28. The second kappa shape index (κ2) is 4.63. The number of nitrogens with one attached hydrogen (secondary N) is 1. The average molecular weight is 236 g/mol. The minimum Gasteiger partial charge on any atom is -0.306 e. The summed E-state index contributed by atoms with van der Waals surface area (Å²) >= 11 is 5.58. The number of carbonyl (C=O) groups excluding carboxylic acids is 1. The number of aromatic nitrogens is 4. The molecule has 0 fully saturated rings. The number of halogens is 1. The molecular weight excluding hydrogens is 230 g/mol. The van der Waals surface area contributed by atoms with Gasteiger partial charge in [0.15, 0.2) is 0 Å². The summed E-state index contributed by atoms with van der Waals surface area (Å²) < 4.78 is 0. The Balaban J connectivity index is 2.14. The molecule has 2 rings (SSSR count). The third-order valence-corrected chi connectivity index (χ3v) is 1.90. The Morgan fingerprint density at radius 2 is 2.12 bits per heavy atom. The standard InChI is InChI=1S/C9H6ClN5O/c10-9-11-3-2-7(15-9)14-8(16)6-1-4-12-13-5-6/h1-5H,(H,11,14,15,16). The van der Waals surface area contributed by atoms with Crippen LogP contribution >= 0.6 is 11.6 Å². The molecular formula is C9H6ClN5O. The van der Waals surface area contributed by atoms with Crippen LogP contribution in [0.5, 0.6) is 0 Å². The summed E-state index contributed by atoms with van der Waals surface area (Å²) in [6.45, 7) is 0. The first kappa shape index (κ1) is 10.4. The maximum Gasteiger partial charge on any atom is 0.258 e. The number of hydrogen-bond donors (Lipinski definition) is 1. The van der Waals surface area contributed by atoms with Crippen LogP contribution in [0.25, 0.3) is 0 Å². The molecule has 2 heterocycles. The van der Waals surface area contributed by atoms with Crippen LogP contribution < -0.4 is 5.32 Å². The molecule has 0 spiro atoms. The molecule has 2 aromatic rings. The van der Waals surface area contributed by atoms with Crippen molar-refractivity contribution in [3.63, 3.8) is 0 Å². The second-order valence-electron chi connectivity index (χ2n) is 2.80. The highest BCUT2D eigenvalue weighted by Crippen LogP contribution is 2.07. The fourth-order valence-electron chi connectivity index (χ4n) is 1.02. The number of rotatable bonds is 2. The van der Waals surface area contributed by atoms with Crippen LogP contribution in [0.2, 0.25) is 5.28 Å². The van der Waals surface area contributed by atoms with E-state index >= 15 is 0 Å². The van der Waals surface area contributed by atoms with Crippen molar-refractivity contribution >= 4 is 23.3 Å². The molecule has 0 bridgehead atoms. The first-order chi connectivity index (χ1) is 7.75. The number of hydrogen-bond acceptors (Lipinski definition) is 5. The van der Waals surface area contributed by atoms with E-state index in [1.807, 2.05) is 0 Å². The van der Waals surface area contributed by atoms with E-state index < -0.39 is 0 Å². The molecule has 0 aliphatic rings. The lowest BCUT2D eigenvalue weighted by Crippen LogP contribution is -2.13. The Morgan fingerprint density at radius 1 is 1.25 bits per heavy atom. The topological polar surface area (TPSA) is 80.7 Å². The first-order valence-electron chi connectivity index (χ1n) is 4.32. The van der Waals surface area contributed by atoms with Crippen LogP contribution in [-0.4, -0.2) is 26.1 Å². The van der Waals surface area contributed by atoms with Crippen molar-refractivity contribution in [2.75, 3.05) is 5.32 Å². The van der Waals surface area contributed by atoms with Gasteiger partial charge >= 0.3 is 0 Å². The van der Waals surface area contributed by atoms with Gasteiger partial charge in [0.2, 0.25) is 5.28 Å². The molecule has 1 N–H and O–H groups in total. The van der Waals surface area contributed by atoms with E-state index in [1.54, 1.807) is 12.1 Å². The van der Waals surface area contributed by atoms with E-state index in [0.29, 0.717) is 11.4 Å². The van der Waals surface area contributed by atoms with Gasteiger partial charge in [-0.25, -0.2) is 9.97 Å². The summed E-state index contributed by atoms with van der Waals surface area (Å²) in [5, 5.41) is 9.80. The number of anilines is 1. The molecule has 80 valence electrons. The monoisotopic (exact) mass is 235 g/mol. The van der Waals surface area contributed by atoms with Crippen molar-refractivity contribution < 1.29 is 4.79 Å². The van der Waals surface area contributed by atoms with Crippen molar-refractivity contribution in [1.29, 1.82) is 0 Å². The second-order valence-corrected chi connectivity index (χ2v) is 3.13. The summed E-state index contributed by atoms with van der Waals surface area (Å²) in [6, 6.07) is 3.09. The Labute approximate surface area is 95.7 Å². The SMILES string of the molecule is O=C(Nc1ccnc(Cl)n1)c1ccnnc1. The molecule has 6 nitrogen and oxygen atoms in total. The molecule has 0 radical (unpaired) electrons. The van der Waals surface area contributed by atoms with Crippen molar-refractivity contribution in [1.82, 2.24) is 20.2 Å². The van der Waals surface area contributed by atoms with Crippen LogP contribution in [0.15, 0.2) is 30.7 Å². The van der Waals surface area contributed by atoms with Crippen LogP contribution in [0.4, 0.5) is 5.82 Å². The van der Waals surface area contributed by atoms with Crippen molar-refractivity contribution in [2.24, 2.45) is 0 Å². The minimum atomic E-state index is -0.329. The predicted molar refractivity (Wildman–Crippen MR) is 57.0 cm³/mol. The largest absolute Gasteiger partial charge is 0.306 e. The fraction of sp³-hybridized carbons (Fsp3) is 0. The van der Waals surface area contributed by atoms with Crippen molar-refractivity contribution in [2.45, 2.75) is 0 Å². The fourth-order valence-corrected chi connectivity index (χ4v) is 1.17.